The molecule has 1 amide bonds. The maximum absolute atomic E-state index is 11.6. The Morgan fingerprint density at radius 2 is 1.70 bits per heavy atom. The fourth-order valence-corrected chi connectivity index (χ4v) is 5.34. The summed E-state index contributed by atoms with van der Waals surface area (Å²) in [6.45, 7) is 14.7. The first-order valence-corrected chi connectivity index (χ1v) is 14.9. The van der Waals surface area contributed by atoms with Gasteiger partial charge in [-0.3, -0.25) is 4.79 Å². The topological polar surface area (TPSA) is 166 Å². The molecule has 9 nitrogen and oxygen atoms in total. The summed E-state index contributed by atoms with van der Waals surface area (Å²) in [5.74, 6) is -0.303. The second-order valence-electron chi connectivity index (χ2n) is 13.6. The molecule has 2 aromatic carbocycles. The molecule has 1 heterocycles. The van der Waals surface area contributed by atoms with Crippen LogP contribution in [0.25, 0.3) is 6.08 Å². The number of hydrogen-bond acceptors (Lipinski definition) is 8. The lowest BCUT2D eigenvalue weighted by molar-refractivity contribution is -0.232. The van der Waals surface area contributed by atoms with Crippen LogP contribution in [0, 0.1) is 17.8 Å². The van der Waals surface area contributed by atoms with Crippen molar-refractivity contribution < 1.29 is 35.1 Å². The number of nitrogens with one attached hydrogen (secondary N) is 1. The standard InChI is InChI=1S/C34H50N2O7/c1-19(2)24-15-26(38)25(31-30(41)29(40)28(39)27(16-37)43-31)14-23(24)13-22-9-8-21(12-20(22)3)10-11-33(4,5)17-36-18-34(6,7)32(35)42/h8-12,14-15,19,27-31,36-41H,13,16-18H2,1-7H3,(H2,35,42)/t27?,28-,29+,30-,31?/m1/s1. The van der Waals surface area contributed by atoms with Crippen LogP contribution in [0.15, 0.2) is 36.4 Å². The lowest BCUT2D eigenvalue weighted by atomic mass is 9.85. The van der Waals surface area contributed by atoms with Gasteiger partial charge in [-0.05, 0) is 78.5 Å². The molecular formula is C34H50N2O7. The van der Waals surface area contributed by atoms with Gasteiger partial charge in [-0.25, -0.2) is 0 Å². The number of benzene rings is 2. The van der Waals surface area contributed by atoms with E-state index in [0.29, 0.717) is 25.1 Å². The molecule has 0 aromatic heterocycles. The van der Waals surface area contributed by atoms with E-state index in [1.54, 1.807) is 12.1 Å². The number of carbonyl (C=O) groups excluding carboxylic acids is 1. The van der Waals surface area contributed by atoms with Gasteiger partial charge in [-0.1, -0.05) is 58.0 Å². The largest absolute Gasteiger partial charge is 0.508 e. The monoisotopic (exact) mass is 598 g/mol. The molecule has 1 saturated heterocycles. The first-order chi connectivity index (χ1) is 20.0. The molecule has 0 saturated carbocycles. The van der Waals surface area contributed by atoms with Gasteiger partial charge in [-0.15, -0.1) is 0 Å². The second kappa shape index (κ2) is 13.9. The number of phenols is 1. The zero-order valence-corrected chi connectivity index (χ0v) is 26.5. The average molecular weight is 599 g/mol. The smallest absolute Gasteiger partial charge is 0.224 e. The molecule has 0 aliphatic carbocycles. The van der Waals surface area contributed by atoms with E-state index in [0.717, 1.165) is 27.8 Å². The van der Waals surface area contributed by atoms with Gasteiger partial charge in [0.05, 0.1) is 12.0 Å². The molecule has 0 radical (unpaired) electrons. The van der Waals surface area contributed by atoms with Crippen LogP contribution in [0.5, 0.6) is 5.75 Å². The van der Waals surface area contributed by atoms with Crippen LogP contribution in [0.1, 0.15) is 86.9 Å². The Bertz CT molecular complexity index is 1300. The number of primary amides is 1. The van der Waals surface area contributed by atoms with Gasteiger partial charge in [0.25, 0.3) is 0 Å². The number of amides is 1. The van der Waals surface area contributed by atoms with Crippen LogP contribution in [-0.4, -0.2) is 75.6 Å². The number of hydrogen-bond donors (Lipinski definition) is 7. The fraction of sp³-hybridized carbons (Fsp3) is 0.559. The van der Waals surface area contributed by atoms with Crippen molar-refractivity contribution in [1.29, 1.82) is 0 Å². The highest BCUT2D eigenvalue weighted by molar-refractivity contribution is 5.80. The summed E-state index contributed by atoms with van der Waals surface area (Å²) < 4.78 is 5.75. The van der Waals surface area contributed by atoms with Crippen LogP contribution in [0.4, 0.5) is 0 Å². The van der Waals surface area contributed by atoms with Crippen LogP contribution in [0.2, 0.25) is 0 Å². The summed E-state index contributed by atoms with van der Waals surface area (Å²) in [4.78, 5) is 11.6. The molecule has 9 heteroatoms. The van der Waals surface area contributed by atoms with Gasteiger partial charge in [0, 0.05) is 18.7 Å². The predicted molar refractivity (Wildman–Crippen MR) is 168 cm³/mol. The lowest BCUT2D eigenvalue weighted by Gasteiger charge is -2.40. The van der Waals surface area contributed by atoms with Crippen molar-refractivity contribution in [2.75, 3.05) is 19.7 Å². The van der Waals surface area contributed by atoms with Crippen molar-refractivity contribution in [3.05, 3.63) is 69.8 Å². The highest BCUT2D eigenvalue weighted by Crippen LogP contribution is 2.40. The molecule has 2 unspecified atom stereocenters. The molecule has 8 N–H and O–H groups in total. The summed E-state index contributed by atoms with van der Waals surface area (Å²) in [7, 11) is 0. The Morgan fingerprint density at radius 3 is 2.28 bits per heavy atom. The number of ether oxygens (including phenoxy) is 1. The second-order valence-corrected chi connectivity index (χ2v) is 13.6. The predicted octanol–water partition coefficient (Wildman–Crippen LogP) is 3.07. The normalized spacial score (nSPS) is 23.3. The minimum atomic E-state index is -1.53. The molecule has 238 valence electrons. The Morgan fingerprint density at radius 1 is 1.02 bits per heavy atom. The van der Waals surface area contributed by atoms with Gasteiger partial charge in [0.15, 0.2) is 0 Å². The third-order valence-corrected chi connectivity index (χ3v) is 8.40. The number of aromatic hydroxyl groups is 1. The molecule has 0 spiro atoms. The van der Waals surface area contributed by atoms with E-state index >= 15 is 0 Å². The Labute approximate surface area is 255 Å². The summed E-state index contributed by atoms with van der Waals surface area (Å²) >= 11 is 0. The minimum Gasteiger partial charge on any atom is -0.508 e. The van der Waals surface area contributed by atoms with Gasteiger partial charge in [0.1, 0.15) is 36.3 Å². The first kappa shape index (κ1) is 34.7. The molecular weight excluding hydrogens is 548 g/mol. The van der Waals surface area contributed by atoms with Crippen molar-refractivity contribution >= 4 is 12.0 Å². The molecule has 5 atom stereocenters. The van der Waals surface area contributed by atoms with Crippen LogP contribution in [0.3, 0.4) is 0 Å². The zero-order chi connectivity index (χ0) is 32.3. The molecule has 43 heavy (non-hydrogen) atoms. The van der Waals surface area contributed by atoms with E-state index in [9.17, 15) is 30.3 Å². The summed E-state index contributed by atoms with van der Waals surface area (Å²) in [6, 6.07) is 9.73. The van der Waals surface area contributed by atoms with E-state index in [4.69, 9.17) is 10.5 Å². The lowest BCUT2D eigenvalue weighted by Crippen LogP contribution is -2.55. The number of aliphatic hydroxyl groups is 4. The summed E-state index contributed by atoms with van der Waals surface area (Å²) in [6.07, 6.45) is -1.87. The van der Waals surface area contributed by atoms with Crippen LogP contribution < -0.4 is 11.1 Å². The van der Waals surface area contributed by atoms with E-state index in [-0.39, 0.29) is 23.0 Å². The van der Waals surface area contributed by atoms with Crippen molar-refractivity contribution in [2.24, 2.45) is 16.6 Å². The average Bonchev–Trinajstić information content (AvgIpc) is 2.92. The van der Waals surface area contributed by atoms with E-state index in [2.05, 4.69) is 56.4 Å². The van der Waals surface area contributed by atoms with Crippen LogP contribution in [-0.2, 0) is 16.0 Å². The van der Waals surface area contributed by atoms with E-state index in [1.807, 2.05) is 27.7 Å². The Kier molecular flexibility index (Phi) is 11.2. The number of phenolic OH excluding ortho intramolecular Hbond substituents is 1. The summed E-state index contributed by atoms with van der Waals surface area (Å²) in [5.41, 5.74) is 10.1. The van der Waals surface area contributed by atoms with Gasteiger partial charge >= 0.3 is 0 Å². The number of rotatable bonds is 12. The first-order valence-electron chi connectivity index (χ1n) is 14.9. The molecule has 1 aliphatic heterocycles. The zero-order valence-electron chi connectivity index (χ0n) is 26.5. The molecule has 1 aliphatic rings. The van der Waals surface area contributed by atoms with E-state index in [1.165, 1.54) is 0 Å². The SMILES string of the molecule is Cc1cc(C=CC(C)(C)CNCC(C)(C)C(N)=O)ccc1Cc1cc(C2OC(CO)[C@@H](O)[C@H](O)[C@H]2O)c(O)cc1C(C)C. The van der Waals surface area contributed by atoms with Gasteiger partial charge in [-0.2, -0.15) is 0 Å². The number of aryl methyl sites for hydroxylation is 1. The molecule has 2 aromatic rings. The van der Waals surface area contributed by atoms with Gasteiger partial charge < -0.3 is 41.3 Å². The molecule has 0 bridgehead atoms. The minimum absolute atomic E-state index is 0.0794. The highest BCUT2D eigenvalue weighted by Gasteiger charge is 2.45. The van der Waals surface area contributed by atoms with Crippen molar-refractivity contribution in [1.82, 2.24) is 5.32 Å². The maximum atomic E-state index is 11.6. The number of aliphatic hydroxyl groups excluding tert-OH is 4. The van der Waals surface area contributed by atoms with Crippen LogP contribution >= 0.6 is 0 Å². The molecule has 1 fully saturated rings. The van der Waals surface area contributed by atoms with Crippen molar-refractivity contribution in [3.63, 3.8) is 0 Å². The van der Waals surface area contributed by atoms with Crippen molar-refractivity contribution in [3.8, 4) is 5.75 Å². The molecule has 3 rings (SSSR count). The fourth-order valence-electron chi connectivity index (χ4n) is 5.34. The Hall–Kier alpha value is -2.79. The summed E-state index contributed by atoms with van der Waals surface area (Å²) in [5, 5.41) is 55.1. The van der Waals surface area contributed by atoms with Crippen molar-refractivity contribution in [2.45, 2.75) is 91.3 Å². The number of nitrogens with two attached hydrogens (primary N) is 1. The maximum Gasteiger partial charge on any atom is 0.224 e. The third kappa shape index (κ3) is 8.44. The quantitative estimate of drug-likeness (QED) is 0.196. The Balaban J connectivity index is 1.82. The van der Waals surface area contributed by atoms with Gasteiger partial charge in [0.2, 0.25) is 5.91 Å². The van der Waals surface area contributed by atoms with E-state index < -0.39 is 42.5 Å². The number of carbonyl (C=O) groups is 1. The third-order valence-electron chi connectivity index (χ3n) is 8.40. The highest BCUT2D eigenvalue weighted by atomic mass is 16.5.